The number of hydrogen-bond acceptors (Lipinski definition) is 6. The van der Waals surface area contributed by atoms with Crippen molar-refractivity contribution < 1.29 is 33.4 Å². The van der Waals surface area contributed by atoms with Crippen LogP contribution in [-0.4, -0.2) is 40.4 Å². The maximum atomic E-state index is 12.7. The summed E-state index contributed by atoms with van der Waals surface area (Å²) in [5.74, 6) is -2.26. The summed E-state index contributed by atoms with van der Waals surface area (Å²) in [4.78, 5) is 48.3. The number of nitrogens with one attached hydrogen (secondary N) is 1. The third-order valence-corrected chi connectivity index (χ3v) is 3.65. The molecule has 27 heavy (non-hydrogen) atoms. The van der Waals surface area contributed by atoms with Gasteiger partial charge >= 0.3 is 12.0 Å². The molecule has 2 N–H and O–H groups in total. The van der Waals surface area contributed by atoms with E-state index < -0.39 is 30.4 Å². The van der Waals surface area contributed by atoms with Gasteiger partial charge in [-0.3, -0.25) is 19.8 Å². The van der Waals surface area contributed by atoms with Gasteiger partial charge in [0.2, 0.25) is 0 Å². The summed E-state index contributed by atoms with van der Waals surface area (Å²) in [6.45, 7) is -0.719. The molecule has 3 rings (SSSR count). The van der Waals surface area contributed by atoms with Crippen LogP contribution in [0.25, 0.3) is 6.08 Å². The lowest BCUT2D eigenvalue weighted by molar-refractivity contribution is -0.139. The normalized spacial score (nSPS) is 15.8. The lowest BCUT2D eigenvalue weighted by Crippen LogP contribution is -2.53. The first-order valence-electron chi connectivity index (χ1n) is 7.80. The Kier molecular flexibility index (Phi) is 5.02. The number of carboxylic acids is 1. The number of barbiturate groups is 1. The number of benzene rings is 1. The fourth-order valence-corrected chi connectivity index (χ4v) is 2.42. The number of nitrogens with zero attached hydrogens (tertiary/aromatic N) is 1. The predicted molar refractivity (Wildman–Crippen MR) is 90.3 cm³/mol. The van der Waals surface area contributed by atoms with Crippen LogP contribution < -0.4 is 10.1 Å². The van der Waals surface area contributed by atoms with Gasteiger partial charge < -0.3 is 14.3 Å². The van der Waals surface area contributed by atoms with E-state index in [0.29, 0.717) is 11.3 Å². The van der Waals surface area contributed by atoms with Crippen molar-refractivity contribution >= 4 is 29.9 Å². The Balaban J connectivity index is 1.90. The molecule has 0 radical (unpaired) electrons. The molecular weight excluding hydrogens is 356 g/mol. The molecule has 0 unspecified atom stereocenters. The molecule has 9 nitrogen and oxygen atoms in total. The number of carboxylic acid groups (broad SMARTS) is 1. The van der Waals surface area contributed by atoms with Crippen molar-refractivity contribution in [2.45, 2.75) is 6.54 Å². The van der Waals surface area contributed by atoms with Crippen LogP contribution in [0, 0.1) is 0 Å². The van der Waals surface area contributed by atoms with Gasteiger partial charge in [-0.25, -0.2) is 9.59 Å². The minimum absolute atomic E-state index is 0.139. The second kappa shape index (κ2) is 7.56. The zero-order valence-electron chi connectivity index (χ0n) is 13.9. The molecule has 0 atom stereocenters. The van der Waals surface area contributed by atoms with Gasteiger partial charge in [0.25, 0.3) is 11.8 Å². The van der Waals surface area contributed by atoms with Gasteiger partial charge in [-0.2, -0.15) is 0 Å². The molecule has 4 amide bonds. The van der Waals surface area contributed by atoms with Gasteiger partial charge in [0.15, 0.2) is 6.61 Å². The Morgan fingerprint density at radius 3 is 2.67 bits per heavy atom. The average Bonchev–Trinajstić information content (AvgIpc) is 3.14. The van der Waals surface area contributed by atoms with E-state index in [4.69, 9.17) is 14.3 Å². The van der Waals surface area contributed by atoms with Crippen molar-refractivity contribution in [2.75, 3.05) is 6.61 Å². The van der Waals surface area contributed by atoms with Gasteiger partial charge in [-0.1, -0.05) is 18.2 Å². The highest BCUT2D eigenvalue weighted by Gasteiger charge is 2.36. The number of hydrogen-bond donors (Lipinski definition) is 2. The highest BCUT2D eigenvalue weighted by Crippen LogP contribution is 2.23. The third kappa shape index (κ3) is 4.03. The number of amides is 4. The van der Waals surface area contributed by atoms with Gasteiger partial charge in [-0.05, 0) is 24.3 Å². The van der Waals surface area contributed by atoms with Crippen LogP contribution in [0.15, 0.2) is 52.7 Å². The maximum Gasteiger partial charge on any atom is 0.341 e. The minimum Gasteiger partial charge on any atom is -0.481 e. The number of urea groups is 1. The molecule has 1 fully saturated rings. The second-order valence-electron chi connectivity index (χ2n) is 5.51. The molecular formula is C18H14N2O7. The third-order valence-electron chi connectivity index (χ3n) is 3.65. The number of ether oxygens (including phenoxy) is 1. The molecule has 1 aliphatic heterocycles. The van der Waals surface area contributed by atoms with Gasteiger partial charge in [0.1, 0.15) is 17.1 Å². The van der Waals surface area contributed by atoms with E-state index in [1.807, 2.05) is 0 Å². The smallest absolute Gasteiger partial charge is 0.341 e. The van der Waals surface area contributed by atoms with Gasteiger partial charge in [0, 0.05) is 5.56 Å². The van der Waals surface area contributed by atoms with Crippen LogP contribution in [-0.2, 0) is 20.9 Å². The Labute approximate surface area is 152 Å². The molecule has 138 valence electrons. The van der Waals surface area contributed by atoms with Crippen molar-refractivity contribution in [1.29, 1.82) is 0 Å². The second-order valence-corrected chi connectivity index (χ2v) is 5.51. The first-order valence-corrected chi connectivity index (χ1v) is 7.80. The maximum absolute atomic E-state index is 12.7. The minimum atomic E-state index is -1.17. The summed E-state index contributed by atoms with van der Waals surface area (Å²) in [6.07, 6.45) is 2.65. The molecule has 1 aliphatic rings. The molecule has 1 aromatic heterocycles. The summed E-state index contributed by atoms with van der Waals surface area (Å²) in [5.41, 5.74) is 0.0390. The zero-order chi connectivity index (χ0) is 19.4. The van der Waals surface area contributed by atoms with E-state index in [1.54, 1.807) is 30.3 Å². The molecule has 0 spiro atoms. The molecule has 9 heteroatoms. The lowest BCUT2D eigenvalue weighted by atomic mass is 10.1. The van der Waals surface area contributed by atoms with E-state index in [1.165, 1.54) is 18.4 Å². The largest absolute Gasteiger partial charge is 0.481 e. The van der Waals surface area contributed by atoms with Crippen molar-refractivity contribution in [3.63, 3.8) is 0 Å². The summed E-state index contributed by atoms with van der Waals surface area (Å²) >= 11 is 0. The molecule has 1 saturated heterocycles. The Hall–Kier alpha value is -3.88. The average molecular weight is 370 g/mol. The van der Waals surface area contributed by atoms with E-state index in [9.17, 15) is 19.2 Å². The van der Waals surface area contributed by atoms with Crippen LogP contribution in [0.4, 0.5) is 4.79 Å². The van der Waals surface area contributed by atoms with Crippen LogP contribution in [0.3, 0.4) is 0 Å². The van der Waals surface area contributed by atoms with E-state index in [-0.39, 0.29) is 17.9 Å². The quantitative estimate of drug-likeness (QED) is 0.581. The first kappa shape index (κ1) is 17.9. The summed E-state index contributed by atoms with van der Waals surface area (Å²) < 4.78 is 10.3. The molecule has 0 saturated carbocycles. The number of furan rings is 1. The number of carbonyl (C=O) groups excluding carboxylic acids is 3. The van der Waals surface area contributed by atoms with Crippen molar-refractivity contribution in [1.82, 2.24) is 10.2 Å². The van der Waals surface area contributed by atoms with E-state index >= 15 is 0 Å². The standard InChI is InChI=1S/C18H14N2O7/c21-15(22)10-27-14-6-2-1-4-11(14)8-13-16(23)19-18(25)20(17(13)24)9-12-5-3-7-26-12/h1-8H,9-10H2,(H,21,22)(H,19,23,25). The molecule has 2 heterocycles. The van der Waals surface area contributed by atoms with Crippen LogP contribution in [0.5, 0.6) is 5.75 Å². The van der Waals surface area contributed by atoms with E-state index in [0.717, 1.165) is 4.90 Å². The lowest BCUT2D eigenvalue weighted by Gasteiger charge is -2.25. The highest BCUT2D eigenvalue weighted by molar-refractivity contribution is 6.31. The first-order chi connectivity index (χ1) is 13.0. The highest BCUT2D eigenvalue weighted by atomic mass is 16.5. The van der Waals surface area contributed by atoms with E-state index in [2.05, 4.69) is 5.32 Å². The van der Waals surface area contributed by atoms with Crippen LogP contribution in [0.1, 0.15) is 11.3 Å². The summed E-state index contributed by atoms with van der Waals surface area (Å²) in [5, 5.41) is 10.8. The predicted octanol–water partition coefficient (Wildman–Crippen LogP) is 1.41. The Bertz CT molecular complexity index is 931. The molecule has 0 aliphatic carbocycles. The van der Waals surface area contributed by atoms with Crippen molar-refractivity contribution in [3.05, 3.63) is 59.6 Å². The summed E-state index contributed by atoms with van der Waals surface area (Å²) in [6, 6.07) is 8.67. The number of aliphatic carboxylic acids is 1. The number of imide groups is 2. The Morgan fingerprint density at radius 2 is 1.96 bits per heavy atom. The van der Waals surface area contributed by atoms with Crippen molar-refractivity contribution in [2.24, 2.45) is 0 Å². The molecule has 0 bridgehead atoms. The SMILES string of the molecule is O=C(O)COc1ccccc1C=C1C(=O)NC(=O)N(Cc2ccco2)C1=O. The summed E-state index contributed by atoms with van der Waals surface area (Å²) in [7, 11) is 0. The van der Waals surface area contributed by atoms with Crippen LogP contribution >= 0.6 is 0 Å². The number of carbonyl (C=O) groups is 4. The number of rotatable bonds is 6. The fraction of sp³-hybridized carbons (Fsp3) is 0.111. The fourth-order valence-electron chi connectivity index (χ4n) is 2.42. The van der Waals surface area contributed by atoms with Crippen LogP contribution in [0.2, 0.25) is 0 Å². The zero-order valence-corrected chi connectivity index (χ0v) is 13.9. The van der Waals surface area contributed by atoms with Gasteiger partial charge in [0.05, 0.1) is 12.8 Å². The number of para-hydroxylation sites is 1. The van der Waals surface area contributed by atoms with Gasteiger partial charge in [-0.15, -0.1) is 0 Å². The van der Waals surface area contributed by atoms with Crippen molar-refractivity contribution in [3.8, 4) is 5.75 Å². The topological polar surface area (TPSA) is 126 Å². The monoisotopic (exact) mass is 370 g/mol. The molecule has 2 aromatic rings. The Morgan fingerprint density at radius 1 is 1.19 bits per heavy atom. The molecule has 1 aromatic carbocycles.